The number of allylic oxidation sites excluding steroid dienone is 1. The number of fused-ring (bicyclic) bond motifs is 2. The van der Waals surface area contributed by atoms with Crippen LogP contribution in [0.1, 0.15) is 47.5 Å². The summed E-state index contributed by atoms with van der Waals surface area (Å²) in [5, 5.41) is 11.0. The van der Waals surface area contributed by atoms with Gasteiger partial charge in [-0.1, -0.05) is 12.5 Å². The third-order valence-electron chi connectivity index (χ3n) is 7.57. The van der Waals surface area contributed by atoms with E-state index in [2.05, 4.69) is 0 Å². The maximum absolute atomic E-state index is 13.0. The van der Waals surface area contributed by atoms with Crippen molar-refractivity contribution >= 4 is 17.7 Å². The number of esters is 2. The third-order valence-corrected chi connectivity index (χ3v) is 7.57. The summed E-state index contributed by atoms with van der Waals surface area (Å²) in [5.74, 6) is -1.45. The molecular formula is C23H32O8. The Morgan fingerprint density at radius 1 is 1.16 bits per heavy atom. The number of ketones is 1. The van der Waals surface area contributed by atoms with E-state index >= 15 is 0 Å². The normalized spacial score (nSPS) is 46.7. The maximum Gasteiger partial charge on any atom is 0.303 e. The predicted octanol–water partition coefficient (Wildman–Crippen LogP) is 1.57. The summed E-state index contributed by atoms with van der Waals surface area (Å²) < 4.78 is 24.1. The number of hydrogen-bond donors (Lipinski definition) is 1. The summed E-state index contributed by atoms with van der Waals surface area (Å²) in [6, 6.07) is 0. The Labute approximate surface area is 182 Å². The van der Waals surface area contributed by atoms with Crippen molar-refractivity contribution < 1.29 is 38.4 Å². The van der Waals surface area contributed by atoms with E-state index in [9.17, 15) is 19.5 Å². The molecule has 0 radical (unpaired) electrons. The summed E-state index contributed by atoms with van der Waals surface area (Å²) >= 11 is 0. The minimum Gasteiger partial charge on any atom is -0.460 e. The van der Waals surface area contributed by atoms with Crippen molar-refractivity contribution in [2.45, 2.75) is 83.6 Å². The van der Waals surface area contributed by atoms with E-state index in [1.54, 1.807) is 6.08 Å². The van der Waals surface area contributed by atoms with Gasteiger partial charge in [0.25, 0.3) is 0 Å². The van der Waals surface area contributed by atoms with Crippen LogP contribution in [0.15, 0.2) is 11.6 Å². The number of aliphatic hydroxyl groups is 1. The van der Waals surface area contributed by atoms with Gasteiger partial charge in [0.2, 0.25) is 0 Å². The van der Waals surface area contributed by atoms with Crippen LogP contribution in [-0.2, 0) is 33.3 Å². The van der Waals surface area contributed by atoms with Gasteiger partial charge in [-0.2, -0.15) is 0 Å². The molecule has 4 aliphatic rings. The first-order chi connectivity index (χ1) is 14.5. The van der Waals surface area contributed by atoms with Crippen molar-refractivity contribution in [3.8, 4) is 0 Å². The largest absolute Gasteiger partial charge is 0.460 e. The van der Waals surface area contributed by atoms with E-state index in [4.69, 9.17) is 18.9 Å². The summed E-state index contributed by atoms with van der Waals surface area (Å²) in [4.78, 5) is 36.8. The van der Waals surface area contributed by atoms with Crippen molar-refractivity contribution in [1.29, 1.82) is 0 Å². The maximum atomic E-state index is 13.0. The first-order valence-corrected chi connectivity index (χ1v) is 11.1. The summed E-state index contributed by atoms with van der Waals surface area (Å²) in [6.45, 7) is 8.69. The molecule has 31 heavy (non-hydrogen) atoms. The molecule has 2 bridgehead atoms. The van der Waals surface area contributed by atoms with Gasteiger partial charge in [0.05, 0.1) is 24.9 Å². The molecule has 0 aromatic rings. The van der Waals surface area contributed by atoms with Crippen LogP contribution in [0.4, 0.5) is 0 Å². The second kappa shape index (κ2) is 7.98. The van der Waals surface area contributed by atoms with E-state index in [-0.39, 0.29) is 48.4 Å². The van der Waals surface area contributed by atoms with Crippen molar-refractivity contribution in [1.82, 2.24) is 0 Å². The van der Waals surface area contributed by atoms with E-state index in [1.807, 2.05) is 20.8 Å². The van der Waals surface area contributed by atoms with E-state index < -0.39 is 42.0 Å². The molecule has 172 valence electrons. The number of aliphatic hydroxyl groups excluding tert-OH is 1. The van der Waals surface area contributed by atoms with Crippen molar-refractivity contribution in [2.75, 3.05) is 6.61 Å². The zero-order chi connectivity index (χ0) is 22.7. The van der Waals surface area contributed by atoms with Gasteiger partial charge in [-0.3, -0.25) is 14.4 Å². The lowest BCUT2D eigenvalue weighted by Crippen LogP contribution is -2.57. The van der Waals surface area contributed by atoms with E-state index in [0.717, 1.165) is 5.57 Å². The summed E-state index contributed by atoms with van der Waals surface area (Å²) in [6.07, 6.45) is -1.52. The molecule has 8 nitrogen and oxygen atoms in total. The molecule has 10 atom stereocenters. The molecule has 4 rings (SSSR count). The van der Waals surface area contributed by atoms with Crippen LogP contribution in [-0.4, -0.2) is 65.6 Å². The van der Waals surface area contributed by atoms with Crippen LogP contribution in [0.5, 0.6) is 0 Å². The Morgan fingerprint density at radius 3 is 2.48 bits per heavy atom. The van der Waals surface area contributed by atoms with Gasteiger partial charge >= 0.3 is 11.9 Å². The average molecular weight is 437 g/mol. The molecule has 0 unspecified atom stereocenters. The fourth-order valence-electron chi connectivity index (χ4n) is 6.26. The Kier molecular flexibility index (Phi) is 5.77. The first-order valence-electron chi connectivity index (χ1n) is 11.1. The van der Waals surface area contributed by atoms with Gasteiger partial charge in [-0.25, -0.2) is 0 Å². The van der Waals surface area contributed by atoms with Crippen LogP contribution in [0.25, 0.3) is 0 Å². The Balaban J connectivity index is 1.85. The molecule has 0 aromatic carbocycles. The molecular weight excluding hydrogens is 404 g/mol. The molecule has 3 fully saturated rings. The molecule has 0 amide bonds. The topological polar surface area (TPSA) is 108 Å². The van der Waals surface area contributed by atoms with E-state index in [1.165, 1.54) is 13.8 Å². The highest BCUT2D eigenvalue weighted by Gasteiger charge is 2.64. The number of carbonyl (C=O) groups excluding carboxylic acids is 3. The second-order valence-electron chi connectivity index (χ2n) is 9.77. The highest BCUT2D eigenvalue weighted by molar-refractivity contribution is 5.94. The molecule has 0 spiro atoms. The van der Waals surface area contributed by atoms with Gasteiger partial charge in [0, 0.05) is 44.4 Å². The quantitative estimate of drug-likeness (QED) is 0.650. The number of ether oxygens (including phenoxy) is 4. The van der Waals surface area contributed by atoms with Crippen molar-refractivity contribution in [3.63, 3.8) is 0 Å². The average Bonchev–Trinajstić information content (AvgIpc) is 2.99. The Morgan fingerprint density at radius 2 is 1.84 bits per heavy atom. The SMILES string of the molecule is CC(=O)O[C@@H]1C[C@@H](OC(C)=O)[C@]2(C)OC[C@H](C)[C@H]3C(=O)C=C(C)[C@@H]4[C@H]3[C@@H]2O[C@H]4C[C@H]1O. The Hall–Kier alpha value is -1.77. The third kappa shape index (κ3) is 3.72. The van der Waals surface area contributed by atoms with Gasteiger partial charge in [-0.05, 0) is 25.8 Å². The van der Waals surface area contributed by atoms with Crippen LogP contribution in [0.2, 0.25) is 0 Å². The molecule has 8 heteroatoms. The Bertz CT molecular complexity index is 805. The smallest absolute Gasteiger partial charge is 0.303 e. The lowest BCUT2D eigenvalue weighted by atomic mass is 9.62. The molecule has 0 saturated carbocycles. The molecule has 3 saturated heterocycles. The monoisotopic (exact) mass is 436 g/mol. The first kappa shape index (κ1) is 22.4. The highest BCUT2D eigenvalue weighted by Crippen LogP contribution is 2.55. The zero-order valence-corrected chi connectivity index (χ0v) is 18.7. The predicted molar refractivity (Wildman–Crippen MR) is 108 cm³/mol. The summed E-state index contributed by atoms with van der Waals surface area (Å²) in [5.41, 5.74) is -0.136. The second-order valence-corrected chi connectivity index (χ2v) is 9.77. The van der Waals surface area contributed by atoms with E-state index in [0.29, 0.717) is 6.61 Å². The number of carbonyl (C=O) groups is 3. The van der Waals surface area contributed by atoms with Crippen molar-refractivity contribution in [3.05, 3.63) is 11.6 Å². The summed E-state index contributed by atoms with van der Waals surface area (Å²) in [7, 11) is 0. The van der Waals surface area contributed by atoms with Crippen LogP contribution < -0.4 is 0 Å². The van der Waals surface area contributed by atoms with Gasteiger partial charge in [0.1, 0.15) is 17.8 Å². The highest BCUT2D eigenvalue weighted by atomic mass is 16.6. The number of hydrogen-bond acceptors (Lipinski definition) is 8. The van der Waals surface area contributed by atoms with Crippen molar-refractivity contribution in [2.24, 2.45) is 23.7 Å². The lowest BCUT2D eigenvalue weighted by Gasteiger charge is -2.43. The molecule has 0 aromatic heterocycles. The minimum absolute atomic E-state index is 0.0380. The van der Waals surface area contributed by atoms with Gasteiger partial charge in [-0.15, -0.1) is 0 Å². The molecule has 1 aliphatic carbocycles. The van der Waals surface area contributed by atoms with Crippen LogP contribution >= 0.6 is 0 Å². The van der Waals surface area contributed by atoms with Gasteiger partial charge < -0.3 is 24.1 Å². The molecule has 1 N–H and O–H groups in total. The standard InChI is InChI=1S/C23H32O8/c1-10-6-15(27)19-11(2)9-28-23(5)18(30-13(4)25)8-16(29-12(3)24)14(26)7-17-20(10)21(19)22(23)31-17/h6,11,14,16-22,26H,7-9H2,1-5H3/t11-,14+,16+,17-,18+,19-,20-,21-,22-,23-/m0/s1. The molecule has 3 heterocycles. The molecule has 3 aliphatic heterocycles. The van der Waals surface area contributed by atoms with Crippen LogP contribution in [0, 0.1) is 23.7 Å². The fraction of sp³-hybridized carbons (Fsp3) is 0.783. The minimum atomic E-state index is -1.06. The van der Waals surface area contributed by atoms with Gasteiger partial charge in [0.15, 0.2) is 5.78 Å². The zero-order valence-electron chi connectivity index (χ0n) is 18.7. The number of rotatable bonds is 2. The van der Waals surface area contributed by atoms with Crippen LogP contribution in [0.3, 0.4) is 0 Å². The lowest BCUT2D eigenvalue weighted by molar-refractivity contribution is -0.205. The fourth-order valence-corrected chi connectivity index (χ4v) is 6.26.